The van der Waals surface area contributed by atoms with Crippen molar-refractivity contribution in [2.45, 2.75) is 26.8 Å². The number of anilines is 1. The Morgan fingerprint density at radius 2 is 1.93 bits per heavy atom. The highest BCUT2D eigenvalue weighted by Gasteiger charge is 2.21. The van der Waals surface area contributed by atoms with E-state index in [1.807, 2.05) is 62.4 Å². The molecular formula is C23H20ClN3OS. The molecule has 0 aliphatic carbocycles. The summed E-state index contributed by atoms with van der Waals surface area (Å²) < 4.78 is 1.02. The molecule has 6 heteroatoms. The van der Waals surface area contributed by atoms with E-state index in [1.54, 1.807) is 17.3 Å². The normalized spacial score (nSPS) is 11.0. The number of carbonyl (C=O) groups is 1. The third-order valence-electron chi connectivity index (χ3n) is 4.77. The number of carbonyl (C=O) groups excluding carboxylic acids is 1. The Bertz CT molecular complexity index is 1170. The molecule has 0 radical (unpaired) electrons. The van der Waals surface area contributed by atoms with E-state index >= 15 is 0 Å². The average molecular weight is 422 g/mol. The summed E-state index contributed by atoms with van der Waals surface area (Å²) in [6.07, 6.45) is 3.82. The molecular weight excluding hydrogens is 402 g/mol. The standard InChI is InChI=1S/C23H20ClN3OS/c1-15-5-3-6-17(11-15)12-21(28)27(14-18-7-4-10-25-13-18)23-26-22-16(2)19(24)8-9-20(22)29-23/h3-11,13H,12,14H2,1-2H3. The largest absolute Gasteiger partial charge is 0.283 e. The summed E-state index contributed by atoms with van der Waals surface area (Å²) >= 11 is 7.77. The summed E-state index contributed by atoms with van der Waals surface area (Å²) in [4.78, 5) is 24.0. The highest BCUT2D eigenvalue weighted by molar-refractivity contribution is 7.22. The third-order valence-corrected chi connectivity index (χ3v) is 6.22. The zero-order chi connectivity index (χ0) is 20.4. The first-order valence-electron chi connectivity index (χ1n) is 9.32. The highest BCUT2D eigenvalue weighted by Crippen LogP contribution is 2.34. The van der Waals surface area contributed by atoms with Crippen molar-refractivity contribution in [2.24, 2.45) is 0 Å². The molecule has 29 heavy (non-hydrogen) atoms. The van der Waals surface area contributed by atoms with Gasteiger partial charge in [-0.1, -0.05) is 58.8 Å². The van der Waals surface area contributed by atoms with Crippen LogP contribution in [-0.2, 0) is 17.8 Å². The second-order valence-corrected chi connectivity index (χ2v) is 8.44. The smallest absolute Gasteiger partial charge is 0.233 e. The van der Waals surface area contributed by atoms with Gasteiger partial charge in [-0.25, -0.2) is 4.98 Å². The predicted octanol–water partition coefficient (Wildman–Crippen LogP) is 5.74. The van der Waals surface area contributed by atoms with Crippen LogP contribution < -0.4 is 4.90 Å². The molecule has 0 saturated carbocycles. The average Bonchev–Trinajstić information content (AvgIpc) is 3.14. The first kappa shape index (κ1) is 19.6. The molecule has 0 spiro atoms. The van der Waals surface area contributed by atoms with Crippen molar-refractivity contribution in [3.8, 4) is 0 Å². The molecule has 1 amide bonds. The van der Waals surface area contributed by atoms with Crippen LogP contribution in [0.2, 0.25) is 5.02 Å². The molecule has 4 nitrogen and oxygen atoms in total. The number of halogens is 1. The molecule has 4 aromatic rings. The van der Waals surface area contributed by atoms with Crippen molar-refractivity contribution < 1.29 is 4.79 Å². The van der Waals surface area contributed by atoms with Crippen LogP contribution in [0.5, 0.6) is 0 Å². The van der Waals surface area contributed by atoms with E-state index in [9.17, 15) is 4.79 Å². The Kier molecular flexibility index (Phi) is 5.60. The number of hydrogen-bond donors (Lipinski definition) is 0. The minimum atomic E-state index is 0.00209. The quantitative estimate of drug-likeness (QED) is 0.413. The number of aromatic nitrogens is 2. The van der Waals surface area contributed by atoms with Crippen LogP contribution >= 0.6 is 22.9 Å². The fourth-order valence-electron chi connectivity index (χ4n) is 3.23. The number of pyridine rings is 1. The van der Waals surface area contributed by atoms with Crippen LogP contribution in [0, 0.1) is 13.8 Å². The number of thiazole rings is 1. The van der Waals surface area contributed by atoms with Gasteiger partial charge in [-0.2, -0.15) is 0 Å². The SMILES string of the molecule is Cc1cccc(CC(=O)N(Cc2cccnc2)c2nc3c(C)c(Cl)ccc3s2)c1. The molecule has 2 aromatic carbocycles. The van der Waals surface area contributed by atoms with E-state index in [0.717, 1.165) is 32.5 Å². The van der Waals surface area contributed by atoms with E-state index in [4.69, 9.17) is 16.6 Å². The molecule has 146 valence electrons. The molecule has 2 heterocycles. The van der Waals surface area contributed by atoms with Crippen LogP contribution in [0.3, 0.4) is 0 Å². The van der Waals surface area contributed by atoms with E-state index in [0.29, 0.717) is 23.1 Å². The lowest BCUT2D eigenvalue weighted by Crippen LogP contribution is -2.31. The summed E-state index contributed by atoms with van der Waals surface area (Å²) in [6.45, 7) is 4.40. The van der Waals surface area contributed by atoms with Gasteiger partial charge >= 0.3 is 0 Å². The van der Waals surface area contributed by atoms with Crippen LogP contribution in [0.25, 0.3) is 10.2 Å². The van der Waals surface area contributed by atoms with Crippen molar-refractivity contribution in [1.29, 1.82) is 0 Å². The van der Waals surface area contributed by atoms with Gasteiger partial charge < -0.3 is 0 Å². The highest BCUT2D eigenvalue weighted by atomic mass is 35.5. The van der Waals surface area contributed by atoms with Gasteiger partial charge in [0.1, 0.15) is 0 Å². The maximum Gasteiger partial charge on any atom is 0.233 e. The fourth-order valence-corrected chi connectivity index (χ4v) is 4.43. The Morgan fingerprint density at radius 1 is 1.10 bits per heavy atom. The molecule has 0 atom stereocenters. The summed E-state index contributed by atoms with van der Waals surface area (Å²) in [5.41, 5.74) is 4.86. The Labute approximate surface area is 178 Å². The maximum atomic E-state index is 13.3. The lowest BCUT2D eigenvalue weighted by molar-refractivity contribution is -0.118. The monoisotopic (exact) mass is 421 g/mol. The summed E-state index contributed by atoms with van der Waals surface area (Å²) in [5.74, 6) is 0.00209. The van der Waals surface area contributed by atoms with Crippen molar-refractivity contribution in [2.75, 3.05) is 4.90 Å². The number of fused-ring (bicyclic) bond motifs is 1. The molecule has 0 fully saturated rings. The fraction of sp³-hybridized carbons (Fsp3) is 0.174. The molecule has 0 saturated heterocycles. The lowest BCUT2D eigenvalue weighted by atomic mass is 10.1. The number of rotatable bonds is 5. The van der Waals surface area contributed by atoms with Gasteiger partial charge in [0.2, 0.25) is 5.91 Å². The first-order valence-corrected chi connectivity index (χ1v) is 10.5. The predicted molar refractivity (Wildman–Crippen MR) is 120 cm³/mol. The van der Waals surface area contributed by atoms with Crippen LogP contribution in [0.15, 0.2) is 60.9 Å². The zero-order valence-electron chi connectivity index (χ0n) is 16.2. The maximum absolute atomic E-state index is 13.3. The molecule has 0 aliphatic rings. The van der Waals surface area contributed by atoms with Gasteiger partial charge in [-0.3, -0.25) is 14.7 Å². The van der Waals surface area contributed by atoms with E-state index in [-0.39, 0.29) is 5.91 Å². The second kappa shape index (κ2) is 8.31. The van der Waals surface area contributed by atoms with Gasteiger partial charge in [0.05, 0.1) is 23.2 Å². The van der Waals surface area contributed by atoms with Gasteiger partial charge in [-0.15, -0.1) is 0 Å². The number of hydrogen-bond acceptors (Lipinski definition) is 4. The van der Waals surface area contributed by atoms with Crippen LogP contribution in [-0.4, -0.2) is 15.9 Å². The molecule has 0 aliphatic heterocycles. The summed E-state index contributed by atoms with van der Waals surface area (Å²) in [7, 11) is 0. The first-order chi connectivity index (χ1) is 14.0. The van der Waals surface area contributed by atoms with Gasteiger partial charge in [-0.05, 0) is 48.7 Å². The van der Waals surface area contributed by atoms with Gasteiger partial charge in [0.15, 0.2) is 5.13 Å². The van der Waals surface area contributed by atoms with E-state index in [2.05, 4.69) is 4.98 Å². The minimum Gasteiger partial charge on any atom is -0.283 e. The molecule has 4 rings (SSSR count). The third kappa shape index (κ3) is 4.31. The summed E-state index contributed by atoms with van der Waals surface area (Å²) in [6, 6.07) is 15.7. The van der Waals surface area contributed by atoms with Crippen molar-refractivity contribution in [1.82, 2.24) is 9.97 Å². The Hall–Kier alpha value is -2.76. The van der Waals surface area contributed by atoms with Gasteiger partial charge in [0.25, 0.3) is 0 Å². The van der Waals surface area contributed by atoms with Crippen molar-refractivity contribution in [3.63, 3.8) is 0 Å². The molecule has 0 N–H and O–H groups in total. The molecule has 0 unspecified atom stereocenters. The Morgan fingerprint density at radius 3 is 2.69 bits per heavy atom. The van der Waals surface area contributed by atoms with E-state index < -0.39 is 0 Å². The van der Waals surface area contributed by atoms with Crippen LogP contribution in [0.1, 0.15) is 22.3 Å². The number of aryl methyl sites for hydroxylation is 2. The van der Waals surface area contributed by atoms with Crippen molar-refractivity contribution >= 4 is 44.2 Å². The molecule has 0 bridgehead atoms. The molecule has 2 aromatic heterocycles. The number of nitrogens with zero attached hydrogens (tertiary/aromatic N) is 3. The lowest BCUT2D eigenvalue weighted by Gasteiger charge is -2.20. The second-order valence-electron chi connectivity index (χ2n) is 7.02. The zero-order valence-corrected chi connectivity index (χ0v) is 17.8. The van der Waals surface area contributed by atoms with Gasteiger partial charge in [0, 0.05) is 17.4 Å². The van der Waals surface area contributed by atoms with E-state index in [1.165, 1.54) is 11.3 Å². The Balaban J connectivity index is 1.72. The number of amides is 1. The van der Waals surface area contributed by atoms with Crippen molar-refractivity contribution in [3.05, 3.63) is 88.2 Å². The topological polar surface area (TPSA) is 46.1 Å². The van der Waals surface area contributed by atoms with Crippen LogP contribution in [0.4, 0.5) is 5.13 Å². The number of benzene rings is 2. The minimum absolute atomic E-state index is 0.00209. The summed E-state index contributed by atoms with van der Waals surface area (Å²) in [5, 5.41) is 1.35.